The quantitative estimate of drug-likeness (QED) is 0.759. The Morgan fingerprint density at radius 2 is 2.11 bits per heavy atom. The van der Waals surface area contributed by atoms with Crippen molar-refractivity contribution in [2.45, 2.75) is 52.0 Å². The van der Waals surface area contributed by atoms with Crippen LogP contribution in [0.1, 0.15) is 56.2 Å². The minimum absolute atomic E-state index is 0.130. The predicted molar refractivity (Wildman–Crippen MR) is 78.7 cm³/mol. The van der Waals surface area contributed by atoms with Gasteiger partial charge in [-0.2, -0.15) is 0 Å². The molecule has 0 amide bonds. The van der Waals surface area contributed by atoms with E-state index in [-0.39, 0.29) is 11.9 Å². The number of aryl methyl sites for hydroxylation is 1. The first-order chi connectivity index (χ1) is 9.20. The lowest BCUT2D eigenvalue weighted by atomic mass is 9.89. The van der Waals surface area contributed by atoms with Gasteiger partial charge in [0.05, 0.1) is 6.04 Å². The van der Waals surface area contributed by atoms with Crippen LogP contribution >= 0.6 is 0 Å². The van der Waals surface area contributed by atoms with Gasteiger partial charge < -0.3 is 5.32 Å². The molecule has 0 heterocycles. The maximum absolute atomic E-state index is 13.6. The molecule has 0 bridgehead atoms. The summed E-state index contributed by atoms with van der Waals surface area (Å²) in [7, 11) is 0. The van der Waals surface area contributed by atoms with E-state index < -0.39 is 0 Å². The fourth-order valence-corrected chi connectivity index (χ4v) is 2.81. The van der Waals surface area contributed by atoms with Gasteiger partial charge in [0.25, 0.3) is 0 Å². The van der Waals surface area contributed by atoms with E-state index in [0.29, 0.717) is 0 Å². The van der Waals surface area contributed by atoms with Crippen LogP contribution in [0.5, 0.6) is 0 Å². The van der Waals surface area contributed by atoms with Gasteiger partial charge in [-0.3, -0.25) is 0 Å². The lowest BCUT2D eigenvalue weighted by Crippen LogP contribution is -2.25. The molecule has 0 spiro atoms. The largest absolute Gasteiger partial charge is 0.307 e. The van der Waals surface area contributed by atoms with E-state index in [1.54, 1.807) is 12.1 Å². The SMILES string of the molecule is CCCNC(C1=CCCCC1)c1cc(C)cc(F)c1. The van der Waals surface area contributed by atoms with Gasteiger partial charge in [-0.15, -0.1) is 0 Å². The van der Waals surface area contributed by atoms with E-state index >= 15 is 0 Å². The van der Waals surface area contributed by atoms with Crippen LogP contribution < -0.4 is 5.32 Å². The van der Waals surface area contributed by atoms with E-state index in [0.717, 1.165) is 36.9 Å². The molecule has 1 aromatic carbocycles. The predicted octanol–water partition coefficient (Wildman–Crippen LogP) is 4.68. The standard InChI is InChI=1S/C17H24FN/c1-3-9-19-17(14-7-5-4-6-8-14)15-10-13(2)11-16(18)12-15/h7,10-12,17,19H,3-6,8-9H2,1-2H3. The molecular weight excluding hydrogens is 237 g/mol. The first-order valence-electron chi connectivity index (χ1n) is 7.40. The molecule has 0 aromatic heterocycles. The summed E-state index contributed by atoms with van der Waals surface area (Å²) >= 11 is 0. The van der Waals surface area contributed by atoms with Crippen molar-refractivity contribution in [3.8, 4) is 0 Å². The first-order valence-corrected chi connectivity index (χ1v) is 7.40. The Bertz CT molecular complexity index is 430. The molecule has 0 saturated carbocycles. The Hall–Kier alpha value is -1.15. The summed E-state index contributed by atoms with van der Waals surface area (Å²) in [5, 5.41) is 3.57. The van der Waals surface area contributed by atoms with Crippen molar-refractivity contribution in [2.75, 3.05) is 6.54 Å². The summed E-state index contributed by atoms with van der Waals surface area (Å²) in [5.41, 5.74) is 3.50. The summed E-state index contributed by atoms with van der Waals surface area (Å²) in [6, 6.07) is 5.56. The fourth-order valence-electron chi connectivity index (χ4n) is 2.81. The van der Waals surface area contributed by atoms with Gasteiger partial charge in [0.2, 0.25) is 0 Å². The lowest BCUT2D eigenvalue weighted by Gasteiger charge is -2.25. The number of benzene rings is 1. The van der Waals surface area contributed by atoms with Crippen LogP contribution in [0, 0.1) is 12.7 Å². The van der Waals surface area contributed by atoms with Crippen molar-refractivity contribution in [1.82, 2.24) is 5.32 Å². The van der Waals surface area contributed by atoms with Crippen molar-refractivity contribution in [3.05, 3.63) is 46.8 Å². The lowest BCUT2D eigenvalue weighted by molar-refractivity contribution is 0.541. The first kappa shape index (κ1) is 14.3. The minimum Gasteiger partial charge on any atom is -0.307 e. The number of rotatable bonds is 5. The van der Waals surface area contributed by atoms with Crippen molar-refractivity contribution in [2.24, 2.45) is 0 Å². The molecule has 0 radical (unpaired) electrons. The number of nitrogens with one attached hydrogen (secondary N) is 1. The number of hydrogen-bond donors (Lipinski definition) is 1. The third-order valence-electron chi connectivity index (χ3n) is 3.69. The van der Waals surface area contributed by atoms with E-state index in [1.807, 2.05) is 6.92 Å². The normalized spacial score (nSPS) is 17.1. The summed E-state index contributed by atoms with van der Waals surface area (Å²) in [4.78, 5) is 0. The molecule has 1 unspecified atom stereocenters. The van der Waals surface area contributed by atoms with E-state index in [9.17, 15) is 4.39 Å². The van der Waals surface area contributed by atoms with Gasteiger partial charge in [-0.1, -0.05) is 24.6 Å². The molecule has 1 nitrogen and oxygen atoms in total. The van der Waals surface area contributed by atoms with Gasteiger partial charge in [0, 0.05) is 0 Å². The highest BCUT2D eigenvalue weighted by atomic mass is 19.1. The average Bonchev–Trinajstić information content (AvgIpc) is 2.39. The Morgan fingerprint density at radius 3 is 2.74 bits per heavy atom. The second kappa shape index (κ2) is 6.85. The van der Waals surface area contributed by atoms with Crippen LogP contribution in [0.25, 0.3) is 0 Å². The summed E-state index contributed by atoms with van der Waals surface area (Å²) < 4.78 is 13.6. The molecule has 2 heteroatoms. The minimum atomic E-state index is -0.130. The molecule has 0 saturated heterocycles. The van der Waals surface area contributed by atoms with Crippen molar-refractivity contribution in [1.29, 1.82) is 0 Å². The van der Waals surface area contributed by atoms with Gasteiger partial charge in [-0.05, 0) is 68.8 Å². The van der Waals surface area contributed by atoms with E-state index in [2.05, 4.69) is 24.4 Å². The van der Waals surface area contributed by atoms with Crippen LogP contribution in [0.2, 0.25) is 0 Å². The smallest absolute Gasteiger partial charge is 0.123 e. The maximum Gasteiger partial charge on any atom is 0.123 e. The summed E-state index contributed by atoms with van der Waals surface area (Å²) in [6.07, 6.45) is 8.27. The van der Waals surface area contributed by atoms with E-state index in [4.69, 9.17) is 0 Å². The molecule has 1 N–H and O–H groups in total. The Morgan fingerprint density at radius 1 is 1.26 bits per heavy atom. The highest BCUT2D eigenvalue weighted by Gasteiger charge is 2.18. The molecule has 19 heavy (non-hydrogen) atoms. The van der Waals surface area contributed by atoms with Crippen LogP contribution in [0.4, 0.5) is 4.39 Å². The van der Waals surface area contributed by atoms with E-state index in [1.165, 1.54) is 18.4 Å². The zero-order valence-corrected chi connectivity index (χ0v) is 12.0. The van der Waals surface area contributed by atoms with Gasteiger partial charge >= 0.3 is 0 Å². The molecule has 1 aromatic rings. The van der Waals surface area contributed by atoms with Crippen LogP contribution in [-0.2, 0) is 0 Å². The monoisotopic (exact) mass is 261 g/mol. The maximum atomic E-state index is 13.6. The third-order valence-corrected chi connectivity index (χ3v) is 3.69. The Labute approximate surface area is 115 Å². The van der Waals surface area contributed by atoms with Crippen molar-refractivity contribution < 1.29 is 4.39 Å². The van der Waals surface area contributed by atoms with Crippen LogP contribution in [0.15, 0.2) is 29.8 Å². The topological polar surface area (TPSA) is 12.0 Å². The number of hydrogen-bond acceptors (Lipinski definition) is 1. The zero-order valence-electron chi connectivity index (χ0n) is 12.0. The van der Waals surface area contributed by atoms with Crippen LogP contribution in [0.3, 0.4) is 0 Å². The molecule has 104 valence electrons. The molecule has 0 fully saturated rings. The molecule has 1 atom stereocenters. The Balaban J connectivity index is 2.27. The molecular formula is C17H24FN. The molecule has 2 rings (SSSR count). The van der Waals surface area contributed by atoms with Gasteiger partial charge in [0.15, 0.2) is 0 Å². The number of halogens is 1. The molecule has 1 aliphatic carbocycles. The van der Waals surface area contributed by atoms with Crippen molar-refractivity contribution >= 4 is 0 Å². The average molecular weight is 261 g/mol. The van der Waals surface area contributed by atoms with Crippen LogP contribution in [-0.4, -0.2) is 6.54 Å². The van der Waals surface area contributed by atoms with Gasteiger partial charge in [0.1, 0.15) is 5.82 Å². The second-order valence-electron chi connectivity index (χ2n) is 5.47. The van der Waals surface area contributed by atoms with Gasteiger partial charge in [-0.25, -0.2) is 4.39 Å². The number of allylic oxidation sites excluding steroid dienone is 1. The zero-order chi connectivity index (χ0) is 13.7. The molecule has 1 aliphatic rings. The highest BCUT2D eigenvalue weighted by molar-refractivity contribution is 5.32. The third kappa shape index (κ3) is 3.90. The summed E-state index contributed by atoms with van der Waals surface area (Å²) in [6.45, 7) is 5.09. The highest BCUT2D eigenvalue weighted by Crippen LogP contribution is 2.30. The van der Waals surface area contributed by atoms with Crippen molar-refractivity contribution in [3.63, 3.8) is 0 Å². The molecule has 0 aliphatic heterocycles. The second-order valence-corrected chi connectivity index (χ2v) is 5.47. The Kier molecular flexibility index (Phi) is 5.15. The summed E-state index contributed by atoms with van der Waals surface area (Å²) in [5.74, 6) is -0.130. The fraction of sp³-hybridized carbons (Fsp3) is 0.529.